The average Bonchev–Trinajstić information content (AvgIpc) is 3.09. The van der Waals surface area contributed by atoms with E-state index in [-0.39, 0.29) is 0 Å². The van der Waals surface area contributed by atoms with Gasteiger partial charge in [0.25, 0.3) is 0 Å². The van der Waals surface area contributed by atoms with Gasteiger partial charge >= 0.3 is 0 Å². The lowest BCUT2D eigenvalue weighted by molar-refractivity contribution is 0.381. The number of nitrogens with one attached hydrogen (secondary N) is 1. The number of rotatable bonds is 5. The first-order valence-electron chi connectivity index (χ1n) is 6.42. The molecule has 0 radical (unpaired) electrons. The summed E-state index contributed by atoms with van der Waals surface area (Å²) in [5.41, 5.74) is 1.08. The van der Waals surface area contributed by atoms with Crippen LogP contribution in [0.3, 0.4) is 0 Å². The minimum Gasteiger partial charge on any atom is -0.385 e. The topological polar surface area (TPSA) is 68.8 Å². The third-order valence-corrected chi connectivity index (χ3v) is 2.93. The Balaban J connectivity index is 1.59. The van der Waals surface area contributed by atoms with Gasteiger partial charge in [-0.25, -0.2) is 4.98 Å². The Labute approximate surface area is 116 Å². The molecular formula is C14H15N5O. The van der Waals surface area contributed by atoms with E-state index in [2.05, 4.69) is 20.4 Å². The van der Waals surface area contributed by atoms with Crippen LogP contribution < -0.4 is 5.32 Å². The summed E-state index contributed by atoms with van der Waals surface area (Å²) in [5.74, 6) is 1.83. The SMILES string of the molecule is Cn1ccnc1-c1noc(CCNc2ccccc2)n1. The standard InChI is InChI=1S/C14H15N5O/c1-19-10-9-16-14(19)13-17-12(20-18-13)7-8-15-11-5-3-2-4-6-11/h2-6,9-10,15H,7-8H2,1H3. The first-order valence-corrected chi connectivity index (χ1v) is 6.42. The van der Waals surface area contributed by atoms with E-state index in [0.717, 1.165) is 12.2 Å². The number of benzene rings is 1. The van der Waals surface area contributed by atoms with Gasteiger partial charge in [0.15, 0.2) is 5.82 Å². The molecule has 0 unspecified atom stereocenters. The van der Waals surface area contributed by atoms with Gasteiger partial charge in [-0.15, -0.1) is 0 Å². The minimum atomic E-state index is 0.521. The molecule has 2 aromatic heterocycles. The monoisotopic (exact) mass is 269 g/mol. The molecule has 2 heterocycles. The Morgan fingerprint density at radius 3 is 2.85 bits per heavy atom. The molecule has 6 nitrogen and oxygen atoms in total. The molecule has 102 valence electrons. The first-order chi connectivity index (χ1) is 9.83. The maximum atomic E-state index is 5.23. The van der Waals surface area contributed by atoms with Crippen molar-refractivity contribution in [2.24, 2.45) is 7.05 Å². The van der Waals surface area contributed by atoms with Crippen LogP contribution in [0.5, 0.6) is 0 Å². The molecule has 0 aliphatic rings. The van der Waals surface area contributed by atoms with Crippen LogP contribution in [0.4, 0.5) is 5.69 Å². The van der Waals surface area contributed by atoms with E-state index in [1.165, 1.54) is 0 Å². The van der Waals surface area contributed by atoms with Crippen LogP contribution >= 0.6 is 0 Å². The number of anilines is 1. The van der Waals surface area contributed by atoms with Gasteiger partial charge in [-0.05, 0) is 12.1 Å². The number of hydrogen-bond acceptors (Lipinski definition) is 5. The van der Waals surface area contributed by atoms with Crippen molar-refractivity contribution in [3.05, 3.63) is 48.6 Å². The number of hydrogen-bond donors (Lipinski definition) is 1. The molecule has 3 aromatic rings. The number of aromatic nitrogens is 4. The zero-order valence-corrected chi connectivity index (χ0v) is 11.2. The molecule has 0 saturated carbocycles. The van der Waals surface area contributed by atoms with Crippen LogP contribution in [0.25, 0.3) is 11.6 Å². The van der Waals surface area contributed by atoms with Crippen molar-refractivity contribution in [1.29, 1.82) is 0 Å². The predicted octanol–water partition coefficient (Wildman–Crippen LogP) is 2.12. The van der Waals surface area contributed by atoms with Crippen LogP contribution in [-0.4, -0.2) is 26.2 Å². The predicted molar refractivity (Wildman–Crippen MR) is 75.1 cm³/mol. The minimum absolute atomic E-state index is 0.521. The smallest absolute Gasteiger partial charge is 0.238 e. The van der Waals surface area contributed by atoms with Crippen LogP contribution in [-0.2, 0) is 13.5 Å². The van der Waals surface area contributed by atoms with Crippen molar-refractivity contribution >= 4 is 5.69 Å². The highest BCUT2D eigenvalue weighted by molar-refractivity contribution is 5.43. The molecule has 0 saturated heterocycles. The molecule has 20 heavy (non-hydrogen) atoms. The molecular weight excluding hydrogens is 254 g/mol. The molecule has 0 aliphatic heterocycles. The van der Waals surface area contributed by atoms with Crippen LogP contribution in [0.2, 0.25) is 0 Å². The highest BCUT2D eigenvalue weighted by Gasteiger charge is 2.11. The van der Waals surface area contributed by atoms with Crippen molar-refractivity contribution in [2.75, 3.05) is 11.9 Å². The molecule has 1 aromatic carbocycles. The summed E-state index contributed by atoms with van der Waals surface area (Å²) in [4.78, 5) is 8.53. The summed E-state index contributed by atoms with van der Waals surface area (Å²) in [5, 5.41) is 7.25. The molecule has 3 rings (SSSR count). The van der Waals surface area contributed by atoms with Gasteiger partial charge in [0.05, 0.1) is 0 Å². The number of aryl methyl sites for hydroxylation is 1. The molecule has 0 atom stereocenters. The molecule has 0 spiro atoms. The molecule has 1 N–H and O–H groups in total. The van der Waals surface area contributed by atoms with Crippen LogP contribution in [0, 0.1) is 0 Å². The Bertz CT molecular complexity index is 674. The fraction of sp³-hybridized carbons (Fsp3) is 0.214. The van der Waals surface area contributed by atoms with E-state index in [1.54, 1.807) is 6.20 Å². The largest absolute Gasteiger partial charge is 0.385 e. The summed E-state index contributed by atoms with van der Waals surface area (Å²) in [6, 6.07) is 10.0. The highest BCUT2D eigenvalue weighted by Crippen LogP contribution is 2.12. The van der Waals surface area contributed by atoms with Crippen molar-refractivity contribution in [1.82, 2.24) is 19.7 Å². The van der Waals surface area contributed by atoms with Gasteiger partial charge in [0, 0.05) is 38.1 Å². The lowest BCUT2D eigenvalue weighted by atomic mass is 10.3. The number of nitrogens with zero attached hydrogens (tertiary/aromatic N) is 4. The maximum absolute atomic E-state index is 5.23. The second-order valence-electron chi connectivity index (χ2n) is 4.42. The zero-order valence-electron chi connectivity index (χ0n) is 11.2. The molecule has 0 amide bonds. The lowest BCUT2D eigenvalue weighted by Crippen LogP contribution is -2.04. The van der Waals surface area contributed by atoms with Gasteiger partial charge in [-0.2, -0.15) is 4.98 Å². The van der Waals surface area contributed by atoms with Crippen molar-refractivity contribution < 1.29 is 4.52 Å². The van der Waals surface area contributed by atoms with E-state index < -0.39 is 0 Å². The number of para-hydroxylation sites is 1. The van der Waals surface area contributed by atoms with E-state index >= 15 is 0 Å². The van der Waals surface area contributed by atoms with Crippen LogP contribution in [0.1, 0.15) is 5.89 Å². The molecule has 0 fully saturated rings. The fourth-order valence-corrected chi connectivity index (χ4v) is 1.90. The van der Waals surface area contributed by atoms with Gasteiger partial charge in [0.1, 0.15) is 0 Å². The summed E-state index contributed by atoms with van der Waals surface area (Å²) >= 11 is 0. The quantitative estimate of drug-likeness (QED) is 0.768. The maximum Gasteiger partial charge on any atom is 0.238 e. The molecule has 0 aliphatic carbocycles. The van der Waals surface area contributed by atoms with E-state index in [4.69, 9.17) is 4.52 Å². The summed E-state index contributed by atoms with van der Waals surface area (Å²) in [6.07, 6.45) is 4.23. The van der Waals surface area contributed by atoms with Crippen molar-refractivity contribution in [3.63, 3.8) is 0 Å². The van der Waals surface area contributed by atoms with Crippen LogP contribution in [0.15, 0.2) is 47.2 Å². The molecule has 6 heteroatoms. The van der Waals surface area contributed by atoms with Gasteiger partial charge in [-0.1, -0.05) is 23.4 Å². The summed E-state index contributed by atoms with van der Waals surface area (Å²) in [6.45, 7) is 0.742. The van der Waals surface area contributed by atoms with E-state index in [1.807, 2.05) is 48.1 Å². The van der Waals surface area contributed by atoms with Gasteiger partial charge in [0.2, 0.25) is 11.7 Å². The van der Waals surface area contributed by atoms with Crippen molar-refractivity contribution in [3.8, 4) is 11.6 Å². The molecule has 0 bridgehead atoms. The number of imidazole rings is 1. The van der Waals surface area contributed by atoms with Crippen molar-refractivity contribution in [2.45, 2.75) is 6.42 Å². The fourth-order valence-electron chi connectivity index (χ4n) is 1.90. The third kappa shape index (κ3) is 2.69. The average molecular weight is 269 g/mol. The first kappa shape index (κ1) is 12.4. The third-order valence-electron chi connectivity index (χ3n) is 2.93. The second kappa shape index (κ2) is 5.56. The summed E-state index contributed by atoms with van der Waals surface area (Å²) in [7, 11) is 1.90. The second-order valence-corrected chi connectivity index (χ2v) is 4.42. The Morgan fingerprint density at radius 2 is 2.10 bits per heavy atom. The van der Waals surface area contributed by atoms with E-state index in [9.17, 15) is 0 Å². The lowest BCUT2D eigenvalue weighted by Gasteiger charge is -2.02. The van der Waals surface area contributed by atoms with E-state index in [0.29, 0.717) is 24.0 Å². The summed E-state index contributed by atoms with van der Waals surface area (Å²) < 4.78 is 7.08. The van der Waals surface area contributed by atoms with Gasteiger partial charge in [-0.3, -0.25) is 0 Å². The Kier molecular flexibility index (Phi) is 3.45. The Morgan fingerprint density at radius 1 is 1.25 bits per heavy atom. The zero-order chi connectivity index (χ0) is 13.8. The normalized spacial score (nSPS) is 10.7. The van der Waals surface area contributed by atoms with Gasteiger partial charge < -0.3 is 14.4 Å². The highest BCUT2D eigenvalue weighted by atomic mass is 16.5. The Hall–Kier alpha value is -2.63.